The molecular formula is C10H13N3OS. The van der Waals surface area contributed by atoms with E-state index in [2.05, 4.69) is 22.1 Å². The van der Waals surface area contributed by atoms with E-state index in [0.29, 0.717) is 6.61 Å². The van der Waals surface area contributed by atoms with Crippen molar-refractivity contribution >= 4 is 11.3 Å². The summed E-state index contributed by atoms with van der Waals surface area (Å²) in [5.41, 5.74) is 0. The summed E-state index contributed by atoms with van der Waals surface area (Å²) in [7, 11) is 0. The van der Waals surface area contributed by atoms with E-state index in [4.69, 9.17) is 4.74 Å². The monoisotopic (exact) mass is 223 g/mol. The SMILES string of the molecule is CCCOCc1nc(-c2cccs2)n[nH]1. The number of hydrogen-bond donors (Lipinski definition) is 1. The molecule has 2 aromatic rings. The van der Waals surface area contributed by atoms with Crippen molar-refractivity contribution in [3.05, 3.63) is 23.3 Å². The second kappa shape index (κ2) is 5.04. The average Bonchev–Trinajstić information content (AvgIpc) is 2.87. The van der Waals surface area contributed by atoms with Gasteiger partial charge in [0.2, 0.25) is 0 Å². The Morgan fingerprint density at radius 1 is 1.53 bits per heavy atom. The summed E-state index contributed by atoms with van der Waals surface area (Å²) in [5.74, 6) is 1.53. The fraction of sp³-hybridized carbons (Fsp3) is 0.400. The van der Waals surface area contributed by atoms with Crippen molar-refractivity contribution in [1.29, 1.82) is 0 Å². The van der Waals surface area contributed by atoms with Crippen LogP contribution in [0.1, 0.15) is 19.2 Å². The summed E-state index contributed by atoms with van der Waals surface area (Å²) < 4.78 is 5.37. The van der Waals surface area contributed by atoms with Gasteiger partial charge in [-0.1, -0.05) is 13.0 Å². The number of thiophene rings is 1. The molecule has 0 amide bonds. The van der Waals surface area contributed by atoms with Gasteiger partial charge in [0.25, 0.3) is 0 Å². The van der Waals surface area contributed by atoms with Gasteiger partial charge in [-0.05, 0) is 17.9 Å². The molecule has 0 aromatic carbocycles. The smallest absolute Gasteiger partial charge is 0.191 e. The third-order valence-corrected chi connectivity index (χ3v) is 2.73. The van der Waals surface area contributed by atoms with Gasteiger partial charge in [0, 0.05) is 6.61 Å². The summed E-state index contributed by atoms with van der Waals surface area (Å²) in [4.78, 5) is 5.42. The largest absolute Gasteiger partial charge is 0.373 e. The summed E-state index contributed by atoms with van der Waals surface area (Å²) in [6, 6.07) is 3.99. The number of aromatic amines is 1. The Hall–Kier alpha value is -1.20. The molecule has 2 aromatic heterocycles. The first-order chi connectivity index (χ1) is 7.40. The predicted molar refractivity (Wildman–Crippen MR) is 59.6 cm³/mol. The van der Waals surface area contributed by atoms with E-state index < -0.39 is 0 Å². The molecule has 4 nitrogen and oxygen atoms in total. The molecule has 2 heterocycles. The van der Waals surface area contributed by atoms with Crippen molar-refractivity contribution in [2.24, 2.45) is 0 Å². The highest BCUT2D eigenvalue weighted by Gasteiger charge is 2.05. The molecule has 15 heavy (non-hydrogen) atoms. The third kappa shape index (κ3) is 2.64. The van der Waals surface area contributed by atoms with Crippen LogP contribution in [-0.2, 0) is 11.3 Å². The van der Waals surface area contributed by atoms with Crippen molar-refractivity contribution < 1.29 is 4.74 Å². The second-order valence-corrected chi connectivity index (χ2v) is 4.08. The minimum Gasteiger partial charge on any atom is -0.373 e. The van der Waals surface area contributed by atoms with Crippen molar-refractivity contribution in [3.63, 3.8) is 0 Å². The van der Waals surface area contributed by atoms with E-state index >= 15 is 0 Å². The van der Waals surface area contributed by atoms with Crippen LogP contribution in [0, 0.1) is 0 Å². The maximum absolute atomic E-state index is 5.37. The molecule has 0 aliphatic carbocycles. The number of nitrogens with zero attached hydrogens (tertiary/aromatic N) is 2. The van der Waals surface area contributed by atoms with Gasteiger partial charge < -0.3 is 4.74 Å². The van der Waals surface area contributed by atoms with E-state index in [1.54, 1.807) is 11.3 Å². The summed E-state index contributed by atoms with van der Waals surface area (Å²) >= 11 is 1.63. The molecule has 0 saturated carbocycles. The molecule has 0 aliphatic rings. The number of hydrogen-bond acceptors (Lipinski definition) is 4. The molecule has 5 heteroatoms. The highest BCUT2D eigenvalue weighted by atomic mass is 32.1. The molecule has 0 aliphatic heterocycles. The van der Waals surface area contributed by atoms with E-state index in [-0.39, 0.29) is 0 Å². The Bertz CT molecular complexity index is 396. The normalized spacial score (nSPS) is 10.7. The average molecular weight is 223 g/mol. The molecule has 1 N–H and O–H groups in total. The molecule has 0 radical (unpaired) electrons. The molecule has 0 unspecified atom stereocenters. The van der Waals surface area contributed by atoms with Crippen LogP contribution < -0.4 is 0 Å². The standard InChI is InChI=1S/C10H13N3OS/c1-2-5-14-7-9-11-10(13-12-9)8-4-3-6-15-8/h3-4,6H,2,5,7H2,1H3,(H,11,12,13). The first kappa shape index (κ1) is 10.3. The molecule has 80 valence electrons. The lowest BCUT2D eigenvalue weighted by molar-refractivity contribution is 0.116. The van der Waals surface area contributed by atoms with Crippen molar-refractivity contribution in [1.82, 2.24) is 15.2 Å². The Labute approximate surface area is 92.3 Å². The van der Waals surface area contributed by atoms with Gasteiger partial charge in [0.05, 0.1) is 4.88 Å². The summed E-state index contributed by atoms with van der Waals surface area (Å²) in [6.45, 7) is 3.35. The minimum atomic E-state index is 0.506. The van der Waals surface area contributed by atoms with E-state index in [9.17, 15) is 0 Å². The van der Waals surface area contributed by atoms with Gasteiger partial charge in [-0.25, -0.2) is 4.98 Å². The first-order valence-electron chi connectivity index (χ1n) is 4.93. The fourth-order valence-corrected chi connectivity index (χ4v) is 1.85. The van der Waals surface area contributed by atoms with Crippen molar-refractivity contribution in [3.8, 4) is 10.7 Å². The van der Waals surface area contributed by atoms with Crippen LogP contribution in [0.3, 0.4) is 0 Å². The maximum Gasteiger partial charge on any atom is 0.191 e. The van der Waals surface area contributed by atoms with Gasteiger partial charge >= 0.3 is 0 Å². The van der Waals surface area contributed by atoms with Crippen LogP contribution in [0.2, 0.25) is 0 Å². The molecular weight excluding hydrogens is 210 g/mol. The van der Waals surface area contributed by atoms with Gasteiger partial charge in [0.15, 0.2) is 11.6 Å². The zero-order valence-electron chi connectivity index (χ0n) is 8.56. The quantitative estimate of drug-likeness (QED) is 0.792. The van der Waals surface area contributed by atoms with Crippen LogP contribution >= 0.6 is 11.3 Å². The number of aromatic nitrogens is 3. The Balaban J connectivity index is 1.98. The maximum atomic E-state index is 5.37. The van der Waals surface area contributed by atoms with Gasteiger partial charge in [0.1, 0.15) is 6.61 Å². The van der Waals surface area contributed by atoms with Crippen molar-refractivity contribution in [2.75, 3.05) is 6.61 Å². The highest BCUT2D eigenvalue weighted by molar-refractivity contribution is 7.13. The van der Waals surface area contributed by atoms with Gasteiger partial charge in [-0.2, -0.15) is 5.10 Å². The van der Waals surface area contributed by atoms with E-state index in [1.807, 2.05) is 17.5 Å². The Morgan fingerprint density at radius 3 is 3.20 bits per heavy atom. The number of H-pyrrole nitrogens is 1. The molecule has 0 bridgehead atoms. The Kier molecular flexibility index (Phi) is 3.47. The molecule has 0 atom stereocenters. The van der Waals surface area contributed by atoms with Crippen LogP contribution in [0.15, 0.2) is 17.5 Å². The predicted octanol–water partition coefficient (Wildman–Crippen LogP) is 2.46. The fourth-order valence-electron chi connectivity index (χ4n) is 1.19. The van der Waals surface area contributed by atoms with Gasteiger partial charge in [-0.3, -0.25) is 5.10 Å². The summed E-state index contributed by atoms with van der Waals surface area (Å²) in [6.07, 6.45) is 1.02. The van der Waals surface area contributed by atoms with Crippen molar-refractivity contribution in [2.45, 2.75) is 20.0 Å². The number of nitrogens with one attached hydrogen (secondary N) is 1. The third-order valence-electron chi connectivity index (χ3n) is 1.86. The molecule has 2 rings (SSSR count). The van der Waals surface area contributed by atoms with Crippen LogP contribution in [0.5, 0.6) is 0 Å². The first-order valence-corrected chi connectivity index (χ1v) is 5.81. The lowest BCUT2D eigenvalue weighted by Gasteiger charge is -1.96. The number of ether oxygens (including phenoxy) is 1. The van der Waals surface area contributed by atoms with Crippen LogP contribution in [0.4, 0.5) is 0 Å². The zero-order chi connectivity index (χ0) is 10.5. The summed E-state index contributed by atoms with van der Waals surface area (Å²) in [5, 5.41) is 9.02. The van der Waals surface area contributed by atoms with E-state index in [1.165, 1.54) is 0 Å². The highest BCUT2D eigenvalue weighted by Crippen LogP contribution is 2.20. The zero-order valence-corrected chi connectivity index (χ0v) is 9.38. The Morgan fingerprint density at radius 2 is 2.47 bits per heavy atom. The van der Waals surface area contributed by atoms with E-state index in [0.717, 1.165) is 29.6 Å². The lowest BCUT2D eigenvalue weighted by Crippen LogP contribution is -1.95. The minimum absolute atomic E-state index is 0.506. The number of rotatable bonds is 5. The second-order valence-electron chi connectivity index (χ2n) is 3.14. The van der Waals surface area contributed by atoms with Crippen LogP contribution in [0.25, 0.3) is 10.7 Å². The van der Waals surface area contributed by atoms with Crippen LogP contribution in [-0.4, -0.2) is 21.8 Å². The molecule has 0 fully saturated rings. The van der Waals surface area contributed by atoms with Gasteiger partial charge in [-0.15, -0.1) is 11.3 Å². The topological polar surface area (TPSA) is 50.8 Å². The molecule has 0 saturated heterocycles. The lowest BCUT2D eigenvalue weighted by atomic mass is 10.4. The molecule has 0 spiro atoms.